The van der Waals surface area contributed by atoms with Crippen LogP contribution in [0.4, 0.5) is 34.1 Å². The van der Waals surface area contributed by atoms with E-state index in [2.05, 4.69) is 258 Å². The molecule has 0 atom stereocenters. The van der Waals surface area contributed by atoms with Crippen molar-refractivity contribution in [1.82, 2.24) is 0 Å². The lowest BCUT2D eigenvalue weighted by molar-refractivity contribution is 0.633. The van der Waals surface area contributed by atoms with E-state index in [0.717, 1.165) is 93.7 Å². The van der Waals surface area contributed by atoms with E-state index in [1.807, 2.05) is 0 Å². The molecule has 0 aliphatic carbocycles. The Morgan fingerprint density at radius 3 is 1.23 bits per heavy atom. The minimum absolute atomic E-state index is 0.771. The molecule has 352 valence electrons. The van der Waals surface area contributed by atoms with E-state index >= 15 is 0 Å². The number of nitrogens with zero attached hydrogens (tertiary/aromatic N) is 2. The molecule has 13 aromatic rings. The van der Waals surface area contributed by atoms with Gasteiger partial charge in [0.15, 0.2) is 11.2 Å². The average molecular weight is 943 g/mol. The number of benzene rings is 11. The minimum atomic E-state index is 0.771. The fourth-order valence-electron chi connectivity index (χ4n) is 11.5. The maximum Gasteiger partial charge on any atom is 0.178 e. The number of para-hydroxylation sites is 2. The highest BCUT2D eigenvalue weighted by molar-refractivity contribution is 6.22. The summed E-state index contributed by atoms with van der Waals surface area (Å²) in [4.78, 5) is 4.88. The summed E-state index contributed by atoms with van der Waals surface area (Å²) in [6.07, 6.45) is 0. The highest BCUT2D eigenvalue weighted by atomic mass is 16.4. The third-order valence-corrected chi connectivity index (χ3v) is 15.2. The van der Waals surface area contributed by atoms with Crippen LogP contribution >= 0.6 is 0 Å². The average Bonchev–Trinajstić information content (AvgIpc) is 3.96. The van der Waals surface area contributed by atoms with Gasteiger partial charge in [-0.15, -0.1) is 0 Å². The summed E-state index contributed by atoms with van der Waals surface area (Å²) in [5.74, 6) is 0. The Kier molecular flexibility index (Phi) is 10.4. The van der Waals surface area contributed by atoms with Crippen molar-refractivity contribution >= 4 is 99.5 Å². The molecule has 0 aliphatic rings. The Balaban J connectivity index is 0.943. The van der Waals surface area contributed by atoms with Gasteiger partial charge in [0.2, 0.25) is 0 Å². The third-order valence-electron chi connectivity index (χ3n) is 15.2. The van der Waals surface area contributed by atoms with Gasteiger partial charge in [0.25, 0.3) is 0 Å². The monoisotopic (exact) mass is 942 g/mol. The largest absolute Gasteiger partial charge is 0.452 e. The first kappa shape index (κ1) is 44.1. The summed E-state index contributed by atoms with van der Waals surface area (Å²) < 4.78 is 13.9. The van der Waals surface area contributed by atoms with Gasteiger partial charge in [-0.1, -0.05) is 133 Å². The van der Waals surface area contributed by atoms with E-state index < -0.39 is 0 Å². The molecule has 0 saturated heterocycles. The summed E-state index contributed by atoms with van der Waals surface area (Å²) in [6, 6.07) is 73.0. The van der Waals surface area contributed by atoms with Gasteiger partial charge in [-0.3, -0.25) is 0 Å². The Morgan fingerprint density at radius 1 is 0.288 bits per heavy atom. The molecule has 0 amide bonds. The van der Waals surface area contributed by atoms with Crippen molar-refractivity contribution in [2.24, 2.45) is 0 Å². The van der Waals surface area contributed by atoms with Gasteiger partial charge in [0.05, 0.1) is 11.4 Å². The van der Waals surface area contributed by atoms with Crippen LogP contribution in [0.25, 0.3) is 87.7 Å². The molecule has 4 heteroatoms. The van der Waals surface area contributed by atoms with Gasteiger partial charge in [0, 0.05) is 44.3 Å². The normalized spacial score (nSPS) is 11.8. The molecule has 0 spiro atoms. The quantitative estimate of drug-likeness (QED) is 0.152. The predicted molar refractivity (Wildman–Crippen MR) is 309 cm³/mol. The Labute approximate surface area is 426 Å². The lowest BCUT2D eigenvalue weighted by atomic mass is 9.98. The van der Waals surface area contributed by atoms with Gasteiger partial charge < -0.3 is 18.6 Å². The van der Waals surface area contributed by atoms with Crippen molar-refractivity contribution in [3.63, 3.8) is 0 Å². The van der Waals surface area contributed by atoms with Gasteiger partial charge >= 0.3 is 0 Å². The Morgan fingerprint density at radius 2 is 0.740 bits per heavy atom. The van der Waals surface area contributed by atoms with Crippen molar-refractivity contribution in [3.05, 3.63) is 239 Å². The molecule has 0 aliphatic heterocycles. The molecule has 73 heavy (non-hydrogen) atoms. The molecule has 2 heterocycles. The van der Waals surface area contributed by atoms with Crippen molar-refractivity contribution in [3.8, 4) is 22.3 Å². The predicted octanol–water partition coefficient (Wildman–Crippen LogP) is 20.2. The molecule has 0 saturated carbocycles. The first-order valence-corrected chi connectivity index (χ1v) is 25.3. The molecule has 4 nitrogen and oxygen atoms in total. The SMILES string of the molecule is Cc1ccc(-c2ccccc2)cc1N(c1ccc2cc3c(cc2c1)oc1c3cc(C)c2c3cc4ccc(N(c5cc(-c6ccccc6)ccc5C)c5c(C)cccc5C)cc4cc3oc12)c1c(C)cccc1C. The van der Waals surface area contributed by atoms with Crippen LogP contribution in [0, 0.1) is 48.5 Å². The molecule has 0 fully saturated rings. The van der Waals surface area contributed by atoms with Crippen molar-refractivity contribution in [2.45, 2.75) is 48.5 Å². The number of aryl methyl sites for hydroxylation is 7. The van der Waals surface area contributed by atoms with Gasteiger partial charge in [-0.05, 0) is 198 Å². The zero-order valence-corrected chi connectivity index (χ0v) is 42.3. The van der Waals surface area contributed by atoms with E-state index in [4.69, 9.17) is 8.83 Å². The van der Waals surface area contributed by atoms with E-state index in [9.17, 15) is 0 Å². The third kappa shape index (κ3) is 7.35. The zero-order chi connectivity index (χ0) is 49.6. The van der Waals surface area contributed by atoms with E-state index in [1.54, 1.807) is 0 Å². The van der Waals surface area contributed by atoms with Crippen LogP contribution in [0.1, 0.15) is 38.9 Å². The van der Waals surface area contributed by atoms with Crippen molar-refractivity contribution in [1.29, 1.82) is 0 Å². The van der Waals surface area contributed by atoms with E-state index in [1.165, 1.54) is 67.0 Å². The molecule has 0 N–H and O–H groups in total. The van der Waals surface area contributed by atoms with Gasteiger partial charge in [-0.2, -0.15) is 0 Å². The molecular weight excluding hydrogens is 889 g/mol. The van der Waals surface area contributed by atoms with Crippen molar-refractivity contribution < 1.29 is 8.83 Å². The van der Waals surface area contributed by atoms with Crippen LogP contribution in [-0.4, -0.2) is 0 Å². The fraction of sp³-hybridized carbons (Fsp3) is 0.101. The standard InChI is InChI=1S/C69H54N2O2/c1-41-24-26-52(48-20-10-8-11-21-48)37-61(41)70(66-43(3)16-14-17-44(66)4)56-30-28-50-35-58-59-32-47(7)65-60-36-51-29-31-57(34-55(51)40-64(60)73-69(65)68(59)72-63(58)39-54(50)33-56)71(67-45(5)18-15-19-46(67)6)62-38-53(27-25-42(62)2)49-22-12-9-13-23-49/h8-40H,1-7H3. The van der Waals surface area contributed by atoms with Gasteiger partial charge in [0.1, 0.15) is 11.2 Å². The van der Waals surface area contributed by atoms with Crippen LogP contribution in [-0.2, 0) is 0 Å². The number of fused-ring (bicyclic) bond motifs is 9. The smallest absolute Gasteiger partial charge is 0.178 e. The second-order valence-electron chi connectivity index (χ2n) is 20.1. The van der Waals surface area contributed by atoms with Gasteiger partial charge in [-0.25, -0.2) is 0 Å². The second-order valence-corrected chi connectivity index (χ2v) is 20.1. The number of hydrogen-bond acceptors (Lipinski definition) is 4. The molecule has 13 rings (SSSR count). The lowest BCUT2D eigenvalue weighted by Gasteiger charge is -2.30. The maximum absolute atomic E-state index is 6.98. The molecule has 0 radical (unpaired) electrons. The number of hydrogen-bond donors (Lipinski definition) is 0. The van der Waals surface area contributed by atoms with Crippen molar-refractivity contribution in [2.75, 3.05) is 9.80 Å². The summed E-state index contributed by atoms with van der Waals surface area (Å²) >= 11 is 0. The van der Waals surface area contributed by atoms with Crippen LogP contribution in [0.15, 0.2) is 209 Å². The molecule has 0 unspecified atom stereocenters. The summed E-state index contributed by atoms with van der Waals surface area (Å²) in [7, 11) is 0. The molecular formula is C69H54N2O2. The summed E-state index contributed by atoms with van der Waals surface area (Å²) in [5, 5.41) is 8.81. The van der Waals surface area contributed by atoms with Crippen LogP contribution in [0.3, 0.4) is 0 Å². The highest BCUT2D eigenvalue weighted by Gasteiger charge is 2.24. The zero-order valence-electron chi connectivity index (χ0n) is 42.3. The molecule has 11 aromatic carbocycles. The summed E-state index contributed by atoms with van der Waals surface area (Å²) in [6.45, 7) is 15.4. The number of anilines is 6. The van der Waals surface area contributed by atoms with Crippen LogP contribution < -0.4 is 9.80 Å². The number of furan rings is 2. The topological polar surface area (TPSA) is 32.8 Å². The maximum atomic E-state index is 6.98. The second kappa shape index (κ2) is 17.2. The van der Waals surface area contributed by atoms with Crippen LogP contribution in [0.5, 0.6) is 0 Å². The molecule has 0 bridgehead atoms. The lowest BCUT2D eigenvalue weighted by Crippen LogP contribution is -2.14. The summed E-state index contributed by atoms with van der Waals surface area (Å²) in [5.41, 5.74) is 23.3. The number of rotatable bonds is 8. The Hall–Kier alpha value is -8.86. The van der Waals surface area contributed by atoms with E-state index in [-0.39, 0.29) is 0 Å². The van der Waals surface area contributed by atoms with Crippen LogP contribution in [0.2, 0.25) is 0 Å². The minimum Gasteiger partial charge on any atom is -0.452 e. The Bertz CT molecular complexity index is 4310. The van der Waals surface area contributed by atoms with E-state index in [0.29, 0.717) is 0 Å². The first-order valence-electron chi connectivity index (χ1n) is 25.3. The first-order chi connectivity index (χ1) is 35.6. The fourth-order valence-corrected chi connectivity index (χ4v) is 11.5. The highest BCUT2D eigenvalue weighted by Crippen LogP contribution is 2.47. The molecule has 2 aromatic heterocycles.